The number of carboxylic acid groups (broad SMARTS) is 1. The maximum atomic E-state index is 12.3. The van der Waals surface area contributed by atoms with Crippen molar-refractivity contribution >= 4 is 17.8 Å². The first-order chi connectivity index (χ1) is 8.99. The standard InChI is InChI=1S/C13H20N2O4/c14-11(16)10-5-6-15(7-10)12(17)8-1-3-9(4-2-8)13(18)19/h8-10H,1-7H2,(H2,14,16)(H,18,19). The first-order valence-corrected chi connectivity index (χ1v) is 6.80. The summed E-state index contributed by atoms with van der Waals surface area (Å²) in [6, 6.07) is 0. The lowest BCUT2D eigenvalue weighted by molar-refractivity contribution is -0.145. The Labute approximate surface area is 111 Å². The second-order valence-corrected chi connectivity index (χ2v) is 5.56. The normalized spacial score (nSPS) is 31.2. The van der Waals surface area contributed by atoms with E-state index >= 15 is 0 Å². The maximum absolute atomic E-state index is 12.3. The number of nitrogens with two attached hydrogens (primary N) is 1. The predicted molar refractivity (Wildman–Crippen MR) is 67.0 cm³/mol. The summed E-state index contributed by atoms with van der Waals surface area (Å²) in [5, 5.41) is 8.92. The minimum Gasteiger partial charge on any atom is -0.481 e. The highest BCUT2D eigenvalue weighted by Crippen LogP contribution is 2.31. The van der Waals surface area contributed by atoms with Crippen LogP contribution in [0.25, 0.3) is 0 Å². The fourth-order valence-electron chi connectivity index (χ4n) is 3.04. The van der Waals surface area contributed by atoms with E-state index in [-0.39, 0.29) is 29.6 Å². The second-order valence-electron chi connectivity index (χ2n) is 5.56. The third-order valence-electron chi connectivity index (χ3n) is 4.33. The number of primary amides is 1. The fraction of sp³-hybridized carbons (Fsp3) is 0.769. The Balaban J connectivity index is 1.85. The van der Waals surface area contributed by atoms with Gasteiger partial charge >= 0.3 is 5.97 Å². The Morgan fingerprint density at radius 1 is 0.947 bits per heavy atom. The van der Waals surface area contributed by atoms with Gasteiger partial charge in [-0.25, -0.2) is 0 Å². The third-order valence-corrected chi connectivity index (χ3v) is 4.33. The molecule has 1 atom stereocenters. The lowest BCUT2D eigenvalue weighted by atomic mass is 9.81. The van der Waals surface area contributed by atoms with Gasteiger partial charge in [-0.2, -0.15) is 0 Å². The van der Waals surface area contributed by atoms with Crippen molar-refractivity contribution in [2.24, 2.45) is 23.5 Å². The van der Waals surface area contributed by atoms with Crippen molar-refractivity contribution in [3.05, 3.63) is 0 Å². The van der Waals surface area contributed by atoms with Gasteiger partial charge in [0.15, 0.2) is 0 Å². The van der Waals surface area contributed by atoms with Crippen LogP contribution in [0.5, 0.6) is 0 Å². The molecule has 1 heterocycles. The highest BCUT2D eigenvalue weighted by atomic mass is 16.4. The van der Waals surface area contributed by atoms with Gasteiger partial charge in [-0.05, 0) is 32.1 Å². The first-order valence-electron chi connectivity index (χ1n) is 6.80. The highest BCUT2D eigenvalue weighted by Gasteiger charge is 2.35. The van der Waals surface area contributed by atoms with Gasteiger partial charge in [0.2, 0.25) is 11.8 Å². The van der Waals surface area contributed by atoms with E-state index in [1.165, 1.54) is 0 Å². The number of hydrogen-bond donors (Lipinski definition) is 2. The van der Waals surface area contributed by atoms with Gasteiger partial charge in [-0.15, -0.1) is 0 Å². The van der Waals surface area contributed by atoms with E-state index in [9.17, 15) is 14.4 Å². The zero-order valence-corrected chi connectivity index (χ0v) is 10.9. The SMILES string of the molecule is NC(=O)C1CCN(C(=O)C2CCC(C(=O)O)CC2)C1. The summed E-state index contributed by atoms with van der Waals surface area (Å²) in [7, 11) is 0. The number of nitrogens with zero attached hydrogens (tertiary/aromatic N) is 1. The molecule has 0 aromatic rings. The molecule has 2 amide bonds. The summed E-state index contributed by atoms with van der Waals surface area (Å²) in [5.41, 5.74) is 5.25. The van der Waals surface area contributed by atoms with Gasteiger partial charge in [0.05, 0.1) is 11.8 Å². The van der Waals surface area contributed by atoms with Crippen LogP contribution in [0, 0.1) is 17.8 Å². The molecule has 0 radical (unpaired) electrons. The molecule has 2 rings (SSSR count). The van der Waals surface area contributed by atoms with E-state index in [1.54, 1.807) is 4.90 Å². The van der Waals surface area contributed by atoms with Gasteiger partial charge in [0.25, 0.3) is 0 Å². The number of carbonyl (C=O) groups is 3. The number of likely N-dealkylation sites (tertiary alicyclic amines) is 1. The number of carboxylic acids is 1. The lowest BCUT2D eigenvalue weighted by Gasteiger charge is -2.28. The molecule has 19 heavy (non-hydrogen) atoms. The van der Waals surface area contributed by atoms with E-state index in [2.05, 4.69) is 0 Å². The molecule has 1 unspecified atom stereocenters. The summed E-state index contributed by atoms with van der Waals surface area (Å²) in [4.78, 5) is 35.9. The van der Waals surface area contributed by atoms with E-state index < -0.39 is 5.97 Å². The van der Waals surface area contributed by atoms with Crippen LogP contribution in [0.1, 0.15) is 32.1 Å². The van der Waals surface area contributed by atoms with Crippen molar-refractivity contribution in [2.75, 3.05) is 13.1 Å². The second kappa shape index (κ2) is 5.59. The highest BCUT2D eigenvalue weighted by molar-refractivity contribution is 5.82. The van der Waals surface area contributed by atoms with Crippen molar-refractivity contribution in [1.82, 2.24) is 4.90 Å². The smallest absolute Gasteiger partial charge is 0.306 e. The molecule has 0 bridgehead atoms. The van der Waals surface area contributed by atoms with Crippen molar-refractivity contribution in [2.45, 2.75) is 32.1 Å². The molecule has 2 aliphatic rings. The Bertz CT molecular complexity index is 388. The molecule has 0 spiro atoms. The summed E-state index contributed by atoms with van der Waals surface area (Å²) in [6.45, 7) is 1.01. The summed E-state index contributed by atoms with van der Waals surface area (Å²) >= 11 is 0. The molecule has 1 aliphatic carbocycles. The third kappa shape index (κ3) is 3.05. The summed E-state index contributed by atoms with van der Waals surface area (Å²) in [6.07, 6.45) is 3.05. The lowest BCUT2D eigenvalue weighted by Crippen LogP contribution is -2.38. The van der Waals surface area contributed by atoms with E-state index in [4.69, 9.17) is 10.8 Å². The van der Waals surface area contributed by atoms with Crippen LogP contribution >= 0.6 is 0 Å². The number of aliphatic carboxylic acids is 1. The Kier molecular flexibility index (Phi) is 4.07. The Hall–Kier alpha value is -1.59. The largest absolute Gasteiger partial charge is 0.481 e. The molecule has 1 aliphatic heterocycles. The topological polar surface area (TPSA) is 101 Å². The van der Waals surface area contributed by atoms with Gasteiger partial charge in [0.1, 0.15) is 0 Å². The molecule has 1 saturated heterocycles. The van der Waals surface area contributed by atoms with Crippen LogP contribution < -0.4 is 5.73 Å². The van der Waals surface area contributed by atoms with Gasteiger partial charge in [-0.1, -0.05) is 0 Å². The van der Waals surface area contributed by atoms with E-state index in [0.717, 1.165) is 0 Å². The summed E-state index contributed by atoms with van der Waals surface area (Å²) < 4.78 is 0. The van der Waals surface area contributed by atoms with Gasteiger partial charge < -0.3 is 15.7 Å². The quantitative estimate of drug-likeness (QED) is 0.764. The van der Waals surface area contributed by atoms with Crippen LogP contribution in [0.2, 0.25) is 0 Å². The molecule has 106 valence electrons. The van der Waals surface area contributed by atoms with E-state index in [0.29, 0.717) is 45.2 Å². The predicted octanol–water partition coefficient (Wildman–Crippen LogP) is 0.211. The molecule has 0 aromatic heterocycles. The minimum atomic E-state index is -0.763. The minimum absolute atomic E-state index is 0.0626. The molecule has 6 heteroatoms. The first kappa shape index (κ1) is 13.8. The van der Waals surface area contributed by atoms with Gasteiger partial charge in [0, 0.05) is 19.0 Å². The zero-order chi connectivity index (χ0) is 14.0. The molecule has 3 N–H and O–H groups in total. The molecule has 2 fully saturated rings. The van der Waals surface area contributed by atoms with Crippen molar-refractivity contribution in [1.29, 1.82) is 0 Å². The molecular formula is C13H20N2O4. The Morgan fingerprint density at radius 2 is 1.53 bits per heavy atom. The fourth-order valence-corrected chi connectivity index (χ4v) is 3.04. The van der Waals surface area contributed by atoms with Crippen LogP contribution in [0.4, 0.5) is 0 Å². The van der Waals surface area contributed by atoms with Crippen LogP contribution in [-0.2, 0) is 14.4 Å². The number of carbonyl (C=O) groups excluding carboxylic acids is 2. The van der Waals surface area contributed by atoms with E-state index in [1.807, 2.05) is 0 Å². The molecular weight excluding hydrogens is 248 g/mol. The van der Waals surface area contributed by atoms with Crippen molar-refractivity contribution in [3.8, 4) is 0 Å². The molecule has 6 nitrogen and oxygen atoms in total. The van der Waals surface area contributed by atoms with Crippen molar-refractivity contribution < 1.29 is 19.5 Å². The zero-order valence-electron chi connectivity index (χ0n) is 10.9. The molecule has 0 aromatic carbocycles. The number of amides is 2. The van der Waals surface area contributed by atoms with Crippen LogP contribution in [-0.4, -0.2) is 40.9 Å². The van der Waals surface area contributed by atoms with Crippen LogP contribution in [0.3, 0.4) is 0 Å². The number of rotatable bonds is 3. The monoisotopic (exact) mass is 268 g/mol. The average Bonchev–Trinajstić information content (AvgIpc) is 2.87. The number of hydrogen-bond acceptors (Lipinski definition) is 3. The van der Waals surface area contributed by atoms with Crippen LogP contribution in [0.15, 0.2) is 0 Å². The van der Waals surface area contributed by atoms with Gasteiger partial charge in [-0.3, -0.25) is 14.4 Å². The maximum Gasteiger partial charge on any atom is 0.306 e. The molecule has 1 saturated carbocycles. The van der Waals surface area contributed by atoms with Crippen molar-refractivity contribution in [3.63, 3.8) is 0 Å². The average molecular weight is 268 g/mol. The Morgan fingerprint density at radius 3 is 2.00 bits per heavy atom. The summed E-state index contributed by atoms with van der Waals surface area (Å²) in [5.74, 6) is -1.65.